The molecule has 0 spiro atoms. The number of carbonyl (C=O) groups excluding carboxylic acids is 1. The molecule has 0 aliphatic carbocycles. The molecule has 4 aromatic rings. The van der Waals surface area contributed by atoms with Crippen LogP contribution < -0.4 is 4.80 Å². The summed E-state index contributed by atoms with van der Waals surface area (Å²) in [6.07, 6.45) is 1.36. The SMILES string of the molecule is CCn1c(=NC(=O)CCCSCc2ccccc2)sc2c3ccccc3ccc21. The Kier molecular flexibility index (Phi) is 6.47. The number of carbonyl (C=O) groups is 1. The Morgan fingerprint density at radius 1 is 1.03 bits per heavy atom. The maximum atomic E-state index is 12.5. The van der Waals surface area contributed by atoms with Gasteiger partial charge in [0.2, 0.25) is 5.91 Å². The number of amides is 1. The minimum Gasteiger partial charge on any atom is -0.317 e. The first kappa shape index (κ1) is 19.9. The number of thioether (sulfide) groups is 1. The summed E-state index contributed by atoms with van der Waals surface area (Å²) in [5, 5.41) is 2.45. The molecule has 1 aromatic heterocycles. The van der Waals surface area contributed by atoms with Gasteiger partial charge in [0.1, 0.15) is 0 Å². The van der Waals surface area contributed by atoms with E-state index >= 15 is 0 Å². The number of aromatic nitrogens is 1. The van der Waals surface area contributed by atoms with Crippen molar-refractivity contribution in [2.45, 2.75) is 32.1 Å². The fourth-order valence-corrected chi connectivity index (χ4v) is 5.61. The zero-order valence-electron chi connectivity index (χ0n) is 16.5. The van der Waals surface area contributed by atoms with Crippen molar-refractivity contribution in [2.75, 3.05) is 5.75 Å². The van der Waals surface area contributed by atoms with E-state index in [4.69, 9.17) is 0 Å². The average molecular weight is 421 g/mol. The predicted molar refractivity (Wildman–Crippen MR) is 125 cm³/mol. The minimum absolute atomic E-state index is 0.0247. The van der Waals surface area contributed by atoms with Gasteiger partial charge in [-0.25, -0.2) is 0 Å². The van der Waals surface area contributed by atoms with Gasteiger partial charge in [0.05, 0.1) is 10.2 Å². The second kappa shape index (κ2) is 9.42. The average Bonchev–Trinajstić information content (AvgIpc) is 3.11. The number of nitrogens with zero attached hydrogens (tertiary/aromatic N) is 2. The molecule has 1 amide bonds. The first-order chi connectivity index (χ1) is 14.3. The molecule has 3 nitrogen and oxygen atoms in total. The van der Waals surface area contributed by atoms with Gasteiger partial charge in [0.25, 0.3) is 0 Å². The molecule has 29 heavy (non-hydrogen) atoms. The highest BCUT2D eigenvalue weighted by Crippen LogP contribution is 2.27. The Balaban J connectivity index is 1.45. The molecular weight excluding hydrogens is 396 g/mol. The Labute approximate surface area is 179 Å². The molecule has 148 valence electrons. The molecule has 5 heteroatoms. The Morgan fingerprint density at radius 3 is 2.66 bits per heavy atom. The number of benzene rings is 3. The van der Waals surface area contributed by atoms with Gasteiger partial charge in [-0.05, 0) is 36.1 Å². The third-order valence-corrected chi connectivity index (χ3v) is 7.14. The fraction of sp³-hybridized carbons (Fsp3) is 0.250. The molecular formula is C24H24N2OS2. The van der Waals surface area contributed by atoms with Crippen LogP contribution in [-0.4, -0.2) is 16.2 Å². The van der Waals surface area contributed by atoms with E-state index in [-0.39, 0.29) is 5.91 Å². The Morgan fingerprint density at radius 2 is 1.83 bits per heavy atom. The summed E-state index contributed by atoms with van der Waals surface area (Å²) < 4.78 is 3.35. The summed E-state index contributed by atoms with van der Waals surface area (Å²) in [4.78, 5) is 17.7. The molecule has 0 N–H and O–H groups in total. The third kappa shape index (κ3) is 4.62. The van der Waals surface area contributed by atoms with Crippen LogP contribution in [0.4, 0.5) is 0 Å². The fourth-order valence-electron chi connectivity index (χ4n) is 3.44. The zero-order valence-corrected chi connectivity index (χ0v) is 18.1. The number of hydrogen-bond donors (Lipinski definition) is 0. The topological polar surface area (TPSA) is 34.4 Å². The third-order valence-electron chi connectivity index (χ3n) is 4.90. The summed E-state index contributed by atoms with van der Waals surface area (Å²) >= 11 is 3.49. The second-order valence-electron chi connectivity index (χ2n) is 6.91. The lowest BCUT2D eigenvalue weighted by Crippen LogP contribution is -2.15. The normalized spacial score (nSPS) is 12.1. The van der Waals surface area contributed by atoms with Crippen molar-refractivity contribution in [2.24, 2.45) is 4.99 Å². The molecule has 0 radical (unpaired) electrons. The minimum atomic E-state index is -0.0247. The van der Waals surface area contributed by atoms with E-state index in [9.17, 15) is 4.79 Å². The van der Waals surface area contributed by atoms with Crippen molar-refractivity contribution in [3.8, 4) is 0 Å². The van der Waals surface area contributed by atoms with Gasteiger partial charge >= 0.3 is 0 Å². The van der Waals surface area contributed by atoms with Crippen molar-refractivity contribution in [1.82, 2.24) is 4.57 Å². The Bertz CT molecular complexity index is 1190. The lowest BCUT2D eigenvalue weighted by Gasteiger charge is -2.02. The zero-order chi connectivity index (χ0) is 20.1. The van der Waals surface area contributed by atoms with Crippen molar-refractivity contribution in [3.63, 3.8) is 0 Å². The van der Waals surface area contributed by atoms with Crippen molar-refractivity contribution in [1.29, 1.82) is 0 Å². The summed E-state index contributed by atoms with van der Waals surface area (Å²) in [6, 6.07) is 23.1. The van der Waals surface area contributed by atoms with Gasteiger partial charge in [-0.3, -0.25) is 4.79 Å². The van der Waals surface area contributed by atoms with Crippen molar-refractivity contribution >= 4 is 50.0 Å². The quantitative estimate of drug-likeness (QED) is 0.343. The smallest absolute Gasteiger partial charge is 0.248 e. The molecule has 0 saturated carbocycles. The van der Waals surface area contributed by atoms with Crippen LogP contribution in [0.2, 0.25) is 0 Å². The number of aryl methyl sites for hydroxylation is 1. The van der Waals surface area contributed by atoms with Crippen LogP contribution in [0, 0.1) is 0 Å². The van der Waals surface area contributed by atoms with Crippen LogP contribution in [0.5, 0.6) is 0 Å². The van der Waals surface area contributed by atoms with Crippen LogP contribution in [-0.2, 0) is 17.1 Å². The highest BCUT2D eigenvalue weighted by atomic mass is 32.2. The number of hydrogen-bond acceptors (Lipinski definition) is 3. The van der Waals surface area contributed by atoms with E-state index < -0.39 is 0 Å². The highest BCUT2D eigenvalue weighted by molar-refractivity contribution is 7.98. The summed E-state index contributed by atoms with van der Waals surface area (Å²) in [7, 11) is 0. The molecule has 4 rings (SSSR count). The highest BCUT2D eigenvalue weighted by Gasteiger charge is 2.09. The van der Waals surface area contributed by atoms with Crippen molar-refractivity contribution in [3.05, 3.63) is 77.1 Å². The molecule has 0 aliphatic heterocycles. The van der Waals surface area contributed by atoms with Crippen LogP contribution in [0.25, 0.3) is 21.0 Å². The molecule has 0 saturated heterocycles. The number of fused-ring (bicyclic) bond motifs is 3. The molecule has 0 fully saturated rings. The Hall–Kier alpha value is -2.37. The van der Waals surface area contributed by atoms with Crippen LogP contribution in [0.3, 0.4) is 0 Å². The monoisotopic (exact) mass is 420 g/mol. The van der Waals surface area contributed by atoms with Crippen LogP contribution in [0.15, 0.2) is 71.7 Å². The van der Waals surface area contributed by atoms with Gasteiger partial charge < -0.3 is 4.57 Å². The largest absolute Gasteiger partial charge is 0.317 e. The van der Waals surface area contributed by atoms with Crippen LogP contribution >= 0.6 is 23.1 Å². The number of thiazole rings is 1. The van der Waals surface area contributed by atoms with E-state index in [2.05, 4.69) is 77.1 Å². The molecule has 1 heterocycles. The maximum absolute atomic E-state index is 12.5. The lowest BCUT2D eigenvalue weighted by atomic mass is 10.1. The van der Waals surface area contributed by atoms with Crippen LogP contribution in [0.1, 0.15) is 25.3 Å². The van der Waals surface area contributed by atoms with Gasteiger partial charge in [0.15, 0.2) is 4.80 Å². The second-order valence-corrected chi connectivity index (χ2v) is 8.99. The summed E-state index contributed by atoms with van der Waals surface area (Å²) in [5.41, 5.74) is 2.48. The molecule has 0 aliphatic rings. The standard InChI is InChI=1S/C24H24N2OS2/c1-2-26-21-15-14-19-11-6-7-12-20(19)23(21)29-24(26)25-22(27)13-8-16-28-17-18-9-4-3-5-10-18/h3-7,9-12,14-15H,2,8,13,16-17H2,1H3. The first-order valence-electron chi connectivity index (χ1n) is 9.96. The summed E-state index contributed by atoms with van der Waals surface area (Å²) in [5.74, 6) is 1.94. The molecule has 0 atom stereocenters. The van der Waals surface area contributed by atoms with Gasteiger partial charge in [0, 0.05) is 24.1 Å². The summed E-state index contributed by atoms with van der Waals surface area (Å²) in [6.45, 7) is 2.91. The van der Waals surface area contributed by atoms with Gasteiger partial charge in [-0.15, -0.1) is 0 Å². The maximum Gasteiger partial charge on any atom is 0.248 e. The first-order valence-corrected chi connectivity index (χ1v) is 11.9. The van der Waals surface area contributed by atoms with Gasteiger partial charge in [-0.1, -0.05) is 72.0 Å². The number of rotatable bonds is 7. The molecule has 0 bridgehead atoms. The van der Waals surface area contributed by atoms with E-state index in [0.717, 1.165) is 34.8 Å². The predicted octanol–water partition coefficient (Wildman–Crippen LogP) is 6.02. The van der Waals surface area contributed by atoms with E-state index in [1.54, 1.807) is 11.3 Å². The van der Waals surface area contributed by atoms with Gasteiger partial charge in [-0.2, -0.15) is 16.8 Å². The van der Waals surface area contributed by atoms with Crippen molar-refractivity contribution < 1.29 is 4.79 Å². The van der Waals surface area contributed by atoms with E-state index in [0.29, 0.717) is 6.42 Å². The van der Waals surface area contributed by atoms with E-state index in [1.807, 2.05) is 17.8 Å². The molecule has 0 unspecified atom stereocenters. The molecule has 3 aromatic carbocycles. The van der Waals surface area contributed by atoms with E-state index in [1.165, 1.54) is 21.0 Å². The lowest BCUT2D eigenvalue weighted by molar-refractivity contribution is -0.118.